The van der Waals surface area contributed by atoms with Gasteiger partial charge in [-0.25, -0.2) is 0 Å². The molecular weight excluding hydrogens is 362 g/mol. The van der Waals surface area contributed by atoms with Gasteiger partial charge < -0.3 is 15.0 Å². The van der Waals surface area contributed by atoms with E-state index in [0.29, 0.717) is 12.5 Å². The first-order valence-corrected chi connectivity index (χ1v) is 10.6. The number of hydrogen-bond donors (Lipinski definition) is 1. The van der Waals surface area contributed by atoms with Gasteiger partial charge in [-0.2, -0.15) is 0 Å². The number of amides is 1. The van der Waals surface area contributed by atoms with Crippen molar-refractivity contribution in [1.82, 2.24) is 4.90 Å². The van der Waals surface area contributed by atoms with Gasteiger partial charge in [0.25, 0.3) is 0 Å². The SMILES string of the molecule is CCOc1ccccc1N1CCN([C@H](C)C(=O)Nc2ccccc2C(C)C)CC1. The number of benzene rings is 2. The van der Waals surface area contributed by atoms with Crippen molar-refractivity contribution in [2.24, 2.45) is 0 Å². The minimum Gasteiger partial charge on any atom is -0.492 e. The van der Waals surface area contributed by atoms with Crippen LogP contribution in [0.3, 0.4) is 0 Å². The van der Waals surface area contributed by atoms with E-state index in [1.54, 1.807) is 0 Å². The Hall–Kier alpha value is -2.53. The predicted octanol–water partition coefficient (Wildman–Crippen LogP) is 4.36. The van der Waals surface area contributed by atoms with Crippen LogP contribution >= 0.6 is 0 Å². The van der Waals surface area contributed by atoms with Crippen LogP contribution in [-0.2, 0) is 4.79 Å². The number of anilines is 2. The Morgan fingerprint density at radius 1 is 1.00 bits per heavy atom. The number of carbonyl (C=O) groups excluding carboxylic acids is 1. The Bertz CT molecular complexity index is 813. The summed E-state index contributed by atoms with van der Waals surface area (Å²) in [6.07, 6.45) is 0. The Kier molecular flexibility index (Phi) is 7.15. The zero-order valence-electron chi connectivity index (χ0n) is 18.0. The highest BCUT2D eigenvalue weighted by molar-refractivity contribution is 5.95. The second-order valence-corrected chi connectivity index (χ2v) is 7.83. The number of rotatable bonds is 7. The summed E-state index contributed by atoms with van der Waals surface area (Å²) in [5, 5.41) is 3.14. The highest BCUT2D eigenvalue weighted by atomic mass is 16.5. The fourth-order valence-corrected chi connectivity index (χ4v) is 3.86. The van der Waals surface area contributed by atoms with Gasteiger partial charge in [-0.15, -0.1) is 0 Å². The minimum atomic E-state index is -0.167. The minimum absolute atomic E-state index is 0.0567. The average Bonchev–Trinajstić information content (AvgIpc) is 2.74. The molecule has 5 heteroatoms. The molecule has 0 bridgehead atoms. The molecule has 1 amide bonds. The molecule has 0 spiro atoms. The van der Waals surface area contributed by atoms with E-state index in [1.807, 2.05) is 50.2 Å². The molecule has 0 radical (unpaired) electrons. The molecule has 2 aromatic carbocycles. The molecule has 1 heterocycles. The van der Waals surface area contributed by atoms with E-state index in [4.69, 9.17) is 4.74 Å². The van der Waals surface area contributed by atoms with E-state index in [9.17, 15) is 4.79 Å². The number of para-hydroxylation sites is 3. The second kappa shape index (κ2) is 9.79. The zero-order valence-corrected chi connectivity index (χ0v) is 18.0. The van der Waals surface area contributed by atoms with Gasteiger partial charge in [0.1, 0.15) is 5.75 Å². The molecule has 3 rings (SSSR count). The van der Waals surface area contributed by atoms with E-state index in [1.165, 1.54) is 5.56 Å². The third-order valence-corrected chi connectivity index (χ3v) is 5.59. The first-order valence-electron chi connectivity index (χ1n) is 10.6. The van der Waals surface area contributed by atoms with Crippen molar-refractivity contribution in [3.63, 3.8) is 0 Å². The number of hydrogen-bond acceptors (Lipinski definition) is 4. The highest BCUT2D eigenvalue weighted by Crippen LogP contribution is 2.29. The van der Waals surface area contributed by atoms with Crippen LogP contribution in [0.4, 0.5) is 11.4 Å². The maximum atomic E-state index is 12.9. The summed E-state index contributed by atoms with van der Waals surface area (Å²) in [4.78, 5) is 17.5. The van der Waals surface area contributed by atoms with E-state index >= 15 is 0 Å². The standard InChI is InChI=1S/C24H33N3O2/c1-5-29-23-13-9-8-12-22(23)27-16-14-26(15-17-27)19(4)24(28)25-21-11-7-6-10-20(21)18(2)3/h6-13,18-19H,5,14-17H2,1-4H3,(H,25,28)/t19-/m1/s1. The molecule has 1 atom stereocenters. The lowest BCUT2D eigenvalue weighted by atomic mass is 10.0. The van der Waals surface area contributed by atoms with Gasteiger partial charge in [-0.3, -0.25) is 9.69 Å². The Labute approximate surface area is 174 Å². The smallest absolute Gasteiger partial charge is 0.241 e. The first kappa shape index (κ1) is 21.2. The molecule has 1 aliphatic heterocycles. The molecule has 5 nitrogen and oxygen atoms in total. The second-order valence-electron chi connectivity index (χ2n) is 7.83. The molecule has 1 aliphatic rings. The van der Waals surface area contributed by atoms with Crippen molar-refractivity contribution >= 4 is 17.3 Å². The van der Waals surface area contributed by atoms with Gasteiger partial charge in [0.15, 0.2) is 0 Å². The molecule has 1 fully saturated rings. The highest BCUT2D eigenvalue weighted by Gasteiger charge is 2.27. The maximum absolute atomic E-state index is 12.9. The summed E-state index contributed by atoms with van der Waals surface area (Å²) in [5.74, 6) is 1.36. The summed E-state index contributed by atoms with van der Waals surface area (Å²) in [6, 6.07) is 16.1. The van der Waals surface area contributed by atoms with Crippen LogP contribution in [0.2, 0.25) is 0 Å². The number of carbonyl (C=O) groups is 1. The van der Waals surface area contributed by atoms with Crippen molar-refractivity contribution in [3.05, 3.63) is 54.1 Å². The van der Waals surface area contributed by atoms with Crippen molar-refractivity contribution < 1.29 is 9.53 Å². The van der Waals surface area contributed by atoms with E-state index < -0.39 is 0 Å². The number of ether oxygens (including phenoxy) is 1. The van der Waals surface area contributed by atoms with Crippen molar-refractivity contribution in [1.29, 1.82) is 0 Å². The first-order chi connectivity index (χ1) is 14.0. The summed E-state index contributed by atoms with van der Waals surface area (Å²) in [5.41, 5.74) is 3.23. The molecule has 0 aliphatic carbocycles. The third kappa shape index (κ3) is 5.10. The summed E-state index contributed by atoms with van der Waals surface area (Å²) >= 11 is 0. The van der Waals surface area contributed by atoms with E-state index in [0.717, 1.165) is 43.3 Å². The van der Waals surface area contributed by atoms with Crippen molar-refractivity contribution in [2.75, 3.05) is 43.0 Å². The number of piperazine rings is 1. The van der Waals surface area contributed by atoms with Gasteiger partial charge in [0.05, 0.1) is 18.3 Å². The Balaban J connectivity index is 1.60. The van der Waals surface area contributed by atoms with Crippen LogP contribution in [0.1, 0.15) is 39.2 Å². The normalized spacial score (nSPS) is 16.0. The third-order valence-electron chi connectivity index (χ3n) is 5.59. The molecular formula is C24H33N3O2. The van der Waals surface area contributed by atoms with Crippen molar-refractivity contribution in [3.8, 4) is 5.75 Å². The van der Waals surface area contributed by atoms with Crippen LogP contribution in [0.15, 0.2) is 48.5 Å². The molecule has 29 heavy (non-hydrogen) atoms. The molecule has 0 unspecified atom stereocenters. The maximum Gasteiger partial charge on any atom is 0.241 e. The number of nitrogens with one attached hydrogen (secondary N) is 1. The van der Waals surface area contributed by atoms with Gasteiger partial charge in [0.2, 0.25) is 5.91 Å². The van der Waals surface area contributed by atoms with Crippen LogP contribution in [0, 0.1) is 0 Å². The zero-order chi connectivity index (χ0) is 20.8. The van der Waals surface area contributed by atoms with Crippen LogP contribution in [-0.4, -0.2) is 49.6 Å². The lowest BCUT2D eigenvalue weighted by Gasteiger charge is -2.39. The molecule has 2 aromatic rings. The van der Waals surface area contributed by atoms with Crippen LogP contribution < -0.4 is 15.0 Å². The lowest BCUT2D eigenvalue weighted by molar-refractivity contribution is -0.120. The topological polar surface area (TPSA) is 44.8 Å². The summed E-state index contributed by atoms with van der Waals surface area (Å²) in [7, 11) is 0. The Morgan fingerprint density at radius 2 is 1.66 bits per heavy atom. The molecule has 156 valence electrons. The van der Waals surface area contributed by atoms with Gasteiger partial charge in [-0.05, 0) is 43.5 Å². The van der Waals surface area contributed by atoms with Crippen LogP contribution in [0.5, 0.6) is 5.75 Å². The molecule has 1 N–H and O–H groups in total. The molecule has 0 saturated carbocycles. The fourth-order valence-electron chi connectivity index (χ4n) is 3.86. The molecule has 0 aromatic heterocycles. The van der Waals surface area contributed by atoms with Gasteiger partial charge in [-0.1, -0.05) is 44.2 Å². The largest absolute Gasteiger partial charge is 0.492 e. The quantitative estimate of drug-likeness (QED) is 0.757. The van der Waals surface area contributed by atoms with Crippen LogP contribution in [0.25, 0.3) is 0 Å². The average molecular weight is 396 g/mol. The van der Waals surface area contributed by atoms with E-state index in [2.05, 4.69) is 41.1 Å². The summed E-state index contributed by atoms with van der Waals surface area (Å²) in [6.45, 7) is 12.4. The van der Waals surface area contributed by atoms with Gasteiger partial charge in [0, 0.05) is 31.9 Å². The Morgan fingerprint density at radius 3 is 2.34 bits per heavy atom. The fraction of sp³-hybridized carbons (Fsp3) is 0.458. The predicted molar refractivity (Wildman–Crippen MR) is 120 cm³/mol. The van der Waals surface area contributed by atoms with E-state index in [-0.39, 0.29) is 11.9 Å². The lowest BCUT2D eigenvalue weighted by Crippen LogP contribution is -2.53. The van der Waals surface area contributed by atoms with Crippen molar-refractivity contribution in [2.45, 2.75) is 39.7 Å². The number of nitrogens with zero attached hydrogens (tertiary/aromatic N) is 2. The monoisotopic (exact) mass is 395 g/mol. The van der Waals surface area contributed by atoms with Gasteiger partial charge >= 0.3 is 0 Å². The molecule has 1 saturated heterocycles. The summed E-state index contributed by atoms with van der Waals surface area (Å²) < 4.78 is 5.78.